The van der Waals surface area contributed by atoms with Crippen molar-refractivity contribution in [3.63, 3.8) is 0 Å². The summed E-state index contributed by atoms with van der Waals surface area (Å²) in [5, 5.41) is 3.03. The third-order valence-corrected chi connectivity index (χ3v) is 5.38. The minimum absolute atomic E-state index is 0. The van der Waals surface area contributed by atoms with E-state index in [-0.39, 0.29) is 36.6 Å². The maximum atomic E-state index is 12.6. The number of hydrogen-bond acceptors (Lipinski definition) is 5. The number of halogens is 2. The van der Waals surface area contributed by atoms with Gasteiger partial charge in [0.15, 0.2) is 11.5 Å². The molecule has 3 N–H and O–H groups in total. The van der Waals surface area contributed by atoms with E-state index in [9.17, 15) is 4.79 Å². The van der Waals surface area contributed by atoms with Crippen molar-refractivity contribution in [3.05, 3.63) is 53.9 Å². The maximum absolute atomic E-state index is 12.6. The third-order valence-electron chi connectivity index (χ3n) is 5.38. The fourth-order valence-electron chi connectivity index (χ4n) is 3.69. The molecule has 0 bridgehead atoms. The van der Waals surface area contributed by atoms with Gasteiger partial charge in [0.05, 0.1) is 13.0 Å². The fraction of sp³-hybridized carbons (Fsp3) is 0.455. The Kier molecular flexibility index (Phi) is 10.4. The van der Waals surface area contributed by atoms with Crippen LogP contribution in [0.3, 0.4) is 0 Å². The van der Waals surface area contributed by atoms with Crippen LogP contribution in [0.1, 0.15) is 43.7 Å². The molecule has 30 heavy (non-hydrogen) atoms. The van der Waals surface area contributed by atoms with Gasteiger partial charge in [0.25, 0.3) is 0 Å². The number of rotatable bonds is 7. The summed E-state index contributed by atoms with van der Waals surface area (Å²) in [5.41, 5.74) is 7.85. The van der Waals surface area contributed by atoms with Crippen LogP contribution < -0.4 is 20.5 Å². The van der Waals surface area contributed by atoms with Gasteiger partial charge in [0, 0.05) is 30.0 Å². The largest absolute Gasteiger partial charge is 0.493 e. The molecule has 1 aliphatic carbocycles. The number of methoxy groups -OCH3 is 1. The van der Waals surface area contributed by atoms with E-state index in [0.717, 1.165) is 36.8 Å². The van der Waals surface area contributed by atoms with E-state index in [0.29, 0.717) is 24.7 Å². The second-order valence-corrected chi connectivity index (χ2v) is 7.66. The smallest absolute Gasteiger partial charge is 0.225 e. The van der Waals surface area contributed by atoms with Crippen LogP contribution in [0, 0.1) is 5.92 Å². The molecular weight excluding hydrogens is 425 g/mol. The molecule has 8 heteroatoms. The molecule has 0 aliphatic heterocycles. The first-order chi connectivity index (χ1) is 13.5. The van der Waals surface area contributed by atoms with E-state index in [2.05, 4.69) is 10.3 Å². The number of pyridine rings is 1. The van der Waals surface area contributed by atoms with Crippen LogP contribution in [0.2, 0.25) is 0 Å². The molecule has 1 aromatic carbocycles. The monoisotopic (exact) mass is 455 g/mol. The molecule has 2 unspecified atom stereocenters. The Balaban J connectivity index is 0.00000225. The van der Waals surface area contributed by atoms with Gasteiger partial charge in [-0.15, -0.1) is 24.8 Å². The molecule has 2 aromatic rings. The van der Waals surface area contributed by atoms with Crippen molar-refractivity contribution < 1.29 is 14.3 Å². The van der Waals surface area contributed by atoms with Gasteiger partial charge in [-0.25, -0.2) is 0 Å². The predicted octanol–water partition coefficient (Wildman–Crippen LogP) is 4.04. The number of ether oxygens (including phenoxy) is 2. The number of aromatic nitrogens is 1. The molecule has 1 aromatic heterocycles. The van der Waals surface area contributed by atoms with Crippen molar-refractivity contribution in [2.45, 2.75) is 51.3 Å². The summed E-state index contributed by atoms with van der Waals surface area (Å²) < 4.78 is 11.3. The van der Waals surface area contributed by atoms with E-state index in [1.54, 1.807) is 19.5 Å². The van der Waals surface area contributed by atoms with Crippen LogP contribution in [0.4, 0.5) is 0 Å². The number of carbonyl (C=O) groups excluding carboxylic acids is 1. The summed E-state index contributed by atoms with van der Waals surface area (Å²) in [6.07, 6.45) is 7.39. The Morgan fingerprint density at radius 2 is 2.03 bits per heavy atom. The van der Waals surface area contributed by atoms with Gasteiger partial charge in [-0.2, -0.15) is 0 Å². The van der Waals surface area contributed by atoms with E-state index in [4.69, 9.17) is 15.2 Å². The predicted molar refractivity (Wildman–Crippen MR) is 122 cm³/mol. The average Bonchev–Trinajstić information content (AvgIpc) is 2.71. The lowest BCUT2D eigenvalue weighted by atomic mass is 9.74. The summed E-state index contributed by atoms with van der Waals surface area (Å²) in [5.74, 6) is 1.19. The van der Waals surface area contributed by atoms with Gasteiger partial charge in [0.2, 0.25) is 5.91 Å². The maximum Gasteiger partial charge on any atom is 0.225 e. The molecule has 6 nitrogen and oxygen atoms in total. The van der Waals surface area contributed by atoms with Gasteiger partial charge < -0.3 is 20.5 Å². The van der Waals surface area contributed by atoms with Crippen LogP contribution in [0.5, 0.6) is 11.5 Å². The van der Waals surface area contributed by atoms with E-state index >= 15 is 0 Å². The van der Waals surface area contributed by atoms with Crippen molar-refractivity contribution in [1.82, 2.24) is 10.3 Å². The normalized spacial score (nSPS) is 20.3. The second-order valence-electron chi connectivity index (χ2n) is 7.66. The molecule has 166 valence electrons. The standard InChI is InChI=1S/C22H29N3O3.2ClH/c1-22(23)10-4-3-7-18(22)21(26)25-14-16-8-9-19(20(12-16)27-2)28-15-17-6-5-11-24-13-17;;/h5-6,8-9,11-13,18H,3-4,7,10,14-15,23H2,1-2H3,(H,25,26);2*1H. The van der Waals surface area contributed by atoms with E-state index < -0.39 is 5.54 Å². The first kappa shape index (κ1) is 26.0. The van der Waals surface area contributed by atoms with Crippen molar-refractivity contribution in [1.29, 1.82) is 0 Å². The summed E-state index contributed by atoms with van der Waals surface area (Å²) in [4.78, 5) is 16.7. The average molecular weight is 456 g/mol. The molecular formula is C22H31Cl2N3O3. The van der Waals surface area contributed by atoms with Crippen molar-refractivity contribution in [2.75, 3.05) is 7.11 Å². The zero-order chi connectivity index (χ0) is 20.0. The Morgan fingerprint density at radius 1 is 1.23 bits per heavy atom. The lowest BCUT2D eigenvalue weighted by Gasteiger charge is -2.37. The van der Waals surface area contributed by atoms with Gasteiger partial charge in [0.1, 0.15) is 6.61 Å². The molecule has 3 rings (SSSR count). The van der Waals surface area contributed by atoms with Crippen LogP contribution in [-0.2, 0) is 17.9 Å². The summed E-state index contributed by atoms with van der Waals surface area (Å²) in [6.45, 7) is 2.83. The van der Waals surface area contributed by atoms with Crippen LogP contribution in [0.15, 0.2) is 42.7 Å². The Labute approximate surface area is 190 Å². The molecule has 1 aliphatic rings. The molecule has 1 fully saturated rings. The zero-order valence-corrected chi connectivity index (χ0v) is 19.1. The van der Waals surface area contributed by atoms with Crippen LogP contribution in [0.25, 0.3) is 0 Å². The Hall–Kier alpha value is -2.02. The Bertz CT molecular complexity index is 803. The molecule has 0 saturated heterocycles. The number of nitrogens with zero attached hydrogens (tertiary/aromatic N) is 1. The number of amides is 1. The lowest BCUT2D eigenvalue weighted by Crippen LogP contribution is -2.52. The van der Waals surface area contributed by atoms with E-state index in [1.807, 2.05) is 37.3 Å². The minimum atomic E-state index is -0.427. The van der Waals surface area contributed by atoms with Gasteiger partial charge in [-0.1, -0.05) is 25.0 Å². The topological polar surface area (TPSA) is 86.5 Å². The number of benzene rings is 1. The SMILES string of the molecule is COc1cc(CNC(=O)C2CCCCC2(C)N)ccc1OCc1cccnc1.Cl.Cl. The lowest BCUT2D eigenvalue weighted by molar-refractivity contribution is -0.128. The van der Waals surface area contributed by atoms with Crippen LogP contribution >= 0.6 is 24.8 Å². The highest BCUT2D eigenvalue weighted by Crippen LogP contribution is 2.32. The number of carbonyl (C=O) groups is 1. The summed E-state index contributed by atoms with van der Waals surface area (Å²) in [7, 11) is 1.61. The molecule has 0 spiro atoms. The highest BCUT2D eigenvalue weighted by molar-refractivity contribution is 5.85. The zero-order valence-electron chi connectivity index (χ0n) is 17.4. The van der Waals surface area contributed by atoms with Crippen molar-refractivity contribution >= 4 is 30.7 Å². The first-order valence-corrected chi connectivity index (χ1v) is 9.75. The molecule has 0 radical (unpaired) electrons. The van der Waals surface area contributed by atoms with Crippen molar-refractivity contribution in [3.8, 4) is 11.5 Å². The van der Waals surface area contributed by atoms with Crippen molar-refractivity contribution in [2.24, 2.45) is 11.7 Å². The Morgan fingerprint density at radius 3 is 2.70 bits per heavy atom. The van der Waals surface area contributed by atoms with E-state index in [1.165, 1.54) is 0 Å². The molecule has 2 atom stereocenters. The first-order valence-electron chi connectivity index (χ1n) is 9.75. The highest BCUT2D eigenvalue weighted by atomic mass is 35.5. The van der Waals surface area contributed by atoms with Crippen LogP contribution in [-0.4, -0.2) is 23.5 Å². The highest BCUT2D eigenvalue weighted by Gasteiger charge is 2.37. The molecule has 1 saturated carbocycles. The van der Waals surface area contributed by atoms with Gasteiger partial charge in [-0.05, 0) is 43.5 Å². The summed E-state index contributed by atoms with van der Waals surface area (Å²) >= 11 is 0. The van der Waals surface area contributed by atoms with Gasteiger partial charge >= 0.3 is 0 Å². The molecule has 1 heterocycles. The number of nitrogens with one attached hydrogen (secondary N) is 1. The number of hydrogen-bond donors (Lipinski definition) is 2. The molecule has 1 amide bonds. The quantitative estimate of drug-likeness (QED) is 0.657. The number of nitrogens with two attached hydrogens (primary N) is 1. The summed E-state index contributed by atoms with van der Waals surface area (Å²) in [6, 6.07) is 9.52. The third kappa shape index (κ3) is 6.76. The van der Waals surface area contributed by atoms with Gasteiger partial charge in [-0.3, -0.25) is 9.78 Å². The minimum Gasteiger partial charge on any atom is -0.493 e. The fourth-order valence-corrected chi connectivity index (χ4v) is 3.69. The second kappa shape index (κ2) is 12.0.